The molecule has 32 heavy (non-hydrogen) atoms. The average Bonchev–Trinajstić information content (AvgIpc) is 3.39. The molecule has 0 unspecified atom stereocenters. The molecule has 0 amide bonds. The van der Waals surface area contributed by atoms with Gasteiger partial charge < -0.3 is 6.92 Å². The molecule has 0 nitrogen and oxygen atoms in total. The van der Waals surface area contributed by atoms with Crippen LogP contribution in [0.2, 0.25) is 0 Å². The summed E-state index contributed by atoms with van der Waals surface area (Å²) in [6, 6.07) is 31.1. The Morgan fingerprint density at radius 1 is 0.625 bits per heavy atom. The van der Waals surface area contributed by atoms with Crippen LogP contribution in [0.4, 0.5) is 0 Å². The fourth-order valence-electron chi connectivity index (χ4n) is 4.80. The Balaban J connectivity index is 0.000000455. The number of hydrogen-bond acceptors (Lipinski definition) is 0. The Bertz CT molecular complexity index is 1140. The third-order valence-corrected chi connectivity index (χ3v) is 6.44. The summed E-state index contributed by atoms with van der Waals surface area (Å²) < 4.78 is 0. The summed E-state index contributed by atoms with van der Waals surface area (Å²) >= 11 is 0. The van der Waals surface area contributed by atoms with Crippen LogP contribution in [-0.4, -0.2) is 0 Å². The molecule has 0 fully saturated rings. The monoisotopic (exact) mass is 490 g/mol. The van der Waals surface area contributed by atoms with Gasteiger partial charge in [0.05, 0.1) is 0 Å². The van der Waals surface area contributed by atoms with E-state index in [2.05, 4.69) is 105 Å². The van der Waals surface area contributed by atoms with E-state index in [1.807, 2.05) is 0 Å². The summed E-state index contributed by atoms with van der Waals surface area (Å²) in [4.78, 5) is 0. The molecule has 0 saturated heterocycles. The van der Waals surface area contributed by atoms with E-state index in [4.69, 9.17) is 0 Å². The normalized spacial score (nSPS) is 11.8. The van der Waals surface area contributed by atoms with Crippen LogP contribution in [0.3, 0.4) is 0 Å². The van der Waals surface area contributed by atoms with Crippen molar-refractivity contribution in [3.05, 3.63) is 132 Å². The van der Waals surface area contributed by atoms with Gasteiger partial charge >= 0.3 is 26.2 Å². The number of benzene rings is 4. The first-order valence-corrected chi connectivity index (χ1v) is 11.3. The van der Waals surface area contributed by atoms with Crippen molar-refractivity contribution in [3.8, 4) is 22.3 Å². The van der Waals surface area contributed by atoms with E-state index in [0.717, 1.165) is 19.3 Å². The second kappa shape index (κ2) is 10.1. The molecule has 4 aromatic carbocycles. The first kappa shape index (κ1) is 22.8. The molecule has 0 aliphatic heterocycles. The van der Waals surface area contributed by atoms with Crippen molar-refractivity contribution >= 4 is 0 Å². The van der Waals surface area contributed by atoms with E-state index in [1.54, 1.807) is 0 Å². The fourth-order valence-corrected chi connectivity index (χ4v) is 4.80. The minimum Gasteiger partial charge on any atom is -0.343 e. The molecule has 156 valence electrons. The van der Waals surface area contributed by atoms with Crippen molar-refractivity contribution in [1.82, 2.24) is 0 Å². The third kappa shape index (κ3) is 4.16. The molecule has 1 heteroatoms. The van der Waals surface area contributed by atoms with E-state index < -0.39 is 0 Å². The van der Waals surface area contributed by atoms with Gasteiger partial charge in [0, 0.05) is 0 Å². The molecule has 2 aliphatic rings. The minimum absolute atomic E-state index is 0. The van der Waals surface area contributed by atoms with E-state index in [9.17, 15) is 0 Å². The summed E-state index contributed by atoms with van der Waals surface area (Å²) in [6.07, 6.45) is 6.75. The summed E-state index contributed by atoms with van der Waals surface area (Å²) in [6.45, 7) is 5.72. The molecule has 0 spiro atoms. The molecular formula is C31H28Zr. The van der Waals surface area contributed by atoms with Crippen LogP contribution in [0, 0.1) is 13.3 Å². The summed E-state index contributed by atoms with van der Waals surface area (Å²) in [5.41, 5.74) is 14.1. The topological polar surface area (TPSA) is 0 Å². The summed E-state index contributed by atoms with van der Waals surface area (Å²) in [7, 11) is 0. The van der Waals surface area contributed by atoms with Gasteiger partial charge in [-0.3, -0.25) is 0 Å². The van der Waals surface area contributed by atoms with Crippen LogP contribution in [0.5, 0.6) is 0 Å². The third-order valence-electron chi connectivity index (χ3n) is 6.44. The van der Waals surface area contributed by atoms with Gasteiger partial charge in [-0.2, -0.15) is 6.42 Å². The fraction of sp³-hybridized carbons (Fsp3) is 0.161. The number of unbranched alkanes of at least 4 members (excludes halogenated alkanes) is 1. The van der Waals surface area contributed by atoms with Gasteiger partial charge in [-0.1, -0.05) is 97.3 Å². The van der Waals surface area contributed by atoms with Crippen molar-refractivity contribution in [1.29, 1.82) is 0 Å². The van der Waals surface area contributed by atoms with Crippen LogP contribution in [0.1, 0.15) is 53.1 Å². The zero-order valence-electron chi connectivity index (χ0n) is 18.7. The molecule has 0 saturated carbocycles. The Morgan fingerprint density at radius 3 is 1.47 bits per heavy atom. The van der Waals surface area contributed by atoms with Crippen LogP contribution in [0.25, 0.3) is 22.3 Å². The molecule has 2 aliphatic carbocycles. The maximum Gasteiger partial charge on any atom is 2.00 e. The van der Waals surface area contributed by atoms with Gasteiger partial charge in [0.1, 0.15) is 0 Å². The standard InChI is InChI=1S/C27H19.C4H9.Zr/c1-3-11-22-20(7-1)16-26-18(9-5-13-24(22)26)15-19-10-6-14-25-23-12-4-2-8-21(23)17-27(19)25;1-3-4-2;/h1-15H,16-17H2;1,3-4H2,2H3;/q2*-1;+2. The van der Waals surface area contributed by atoms with Gasteiger partial charge in [0.25, 0.3) is 0 Å². The van der Waals surface area contributed by atoms with Crippen LogP contribution >= 0.6 is 0 Å². The van der Waals surface area contributed by atoms with Crippen molar-refractivity contribution in [2.24, 2.45) is 0 Å². The molecule has 0 radical (unpaired) electrons. The molecular weight excluding hydrogens is 464 g/mol. The first-order valence-electron chi connectivity index (χ1n) is 11.3. The predicted molar refractivity (Wildman–Crippen MR) is 132 cm³/mol. The van der Waals surface area contributed by atoms with E-state index >= 15 is 0 Å². The first-order chi connectivity index (χ1) is 15.3. The summed E-state index contributed by atoms with van der Waals surface area (Å²) in [5.74, 6) is 0. The van der Waals surface area contributed by atoms with E-state index in [0.29, 0.717) is 0 Å². The van der Waals surface area contributed by atoms with Gasteiger partial charge in [0.15, 0.2) is 0 Å². The smallest absolute Gasteiger partial charge is 0.343 e. The molecule has 0 aromatic heterocycles. The van der Waals surface area contributed by atoms with Gasteiger partial charge in [-0.25, -0.2) is 0 Å². The Hall–Kier alpha value is -2.37. The minimum atomic E-state index is 0. The maximum absolute atomic E-state index is 3.60. The second-order valence-electron chi connectivity index (χ2n) is 8.41. The number of hydrogen-bond donors (Lipinski definition) is 0. The predicted octanol–water partition coefficient (Wildman–Crippen LogP) is 8.05. The Morgan fingerprint density at radius 2 is 1.03 bits per heavy atom. The molecule has 6 rings (SSSR count). The Kier molecular flexibility index (Phi) is 7.17. The van der Waals surface area contributed by atoms with Crippen LogP contribution < -0.4 is 0 Å². The number of fused-ring (bicyclic) bond motifs is 6. The van der Waals surface area contributed by atoms with E-state index in [-0.39, 0.29) is 26.2 Å². The van der Waals surface area contributed by atoms with Crippen molar-refractivity contribution in [2.75, 3.05) is 0 Å². The SMILES string of the molecule is [CH2-]CCC.[Zr+2].c1ccc2c(c1)Cc1c([CH-]c3cccc4c3Cc3ccccc3-4)cccc1-2. The molecule has 0 heterocycles. The van der Waals surface area contributed by atoms with Crippen LogP contribution in [0.15, 0.2) is 84.9 Å². The van der Waals surface area contributed by atoms with Crippen molar-refractivity contribution in [2.45, 2.75) is 32.6 Å². The Labute approximate surface area is 211 Å². The molecule has 0 N–H and O–H groups in total. The van der Waals surface area contributed by atoms with Gasteiger partial charge in [-0.15, -0.1) is 29.7 Å². The van der Waals surface area contributed by atoms with Crippen molar-refractivity contribution in [3.63, 3.8) is 0 Å². The molecule has 0 atom stereocenters. The van der Waals surface area contributed by atoms with Crippen molar-refractivity contribution < 1.29 is 26.2 Å². The average molecular weight is 492 g/mol. The summed E-state index contributed by atoms with van der Waals surface area (Å²) in [5, 5.41) is 0. The quantitative estimate of drug-likeness (QED) is 0.220. The maximum atomic E-state index is 3.60. The van der Waals surface area contributed by atoms with Gasteiger partial charge in [-0.05, 0) is 46.2 Å². The zero-order chi connectivity index (χ0) is 21.2. The molecule has 4 aromatic rings. The zero-order valence-corrected chi connectivity index (χ0v) is 21.2. The molecule has 0 bridgehead atoms. The number of rotatable bonds is 3. The second-order valence-corrected chi connectivity index (χ2v) is 8.41. The largest absolute Gasteiger partial charge is 2.00 e. The van der Waals surface area contributed by atoms with E-state index in [1.165, 1.54) is 62.1 Å². The van der Waals surface area contributed by atoms with Gasteiger partial charge in [0.2, 0.25) is 0 Å². The van der Waals surface area contributed by atoms with Crippen LogP contribution in [-0.2, 0) is 39.0 Å².